The summed E-state index contributed by atoms with van der Waals surface area (Å²) in [7, 11) is 0. The maximum absolute atomic E-state index is 11.7. The van der Waals surface area contributed by atoms with Crippen molar-refractivity contribution in [2.75, 3.05) is 12.3 Å². The zero-order valence-corrected chi connectivity index (χ0v) is 12.7. The molecular weight excluding hydrogens is 310 g/mol. The molecule has 4 heteroatoms. The minimum absolute atomic E-state index is 0.135. The van der Waals surface area contributed by atoms with Crippen molar-refractivity contribution in [1.29, 1.82) is 0 Å². The molecule has 0 saturated heterocycles. The highest BCUT2D eigenvalue weighted by Gasteiger charge is 2.24. The smallest absolute Gasteiger partial charge is 0.230 e. The second-order valence-corrected chi connectivity index (χ2v) is 6.84. The van der Waals surface area contributed by atoms with Gasteiger partial charge in [-0.05, 0) is 30.9 Å². The van der Waals surface area contributed by atoms with Crippen molar-refractivity contribution in [3.8, 4) is 0 Å². The van der Waals surface area contributed by atoms with Gasteiger partial charge in [-0.1, -0.05) is 40.5 Å². The molecule has 1 aromatic rings. The molecule has 1 N–H and O–H groups in total. The second-order valence-electron chi connectivity index (χ2n) is 4.61. The number of thioether (sulfide) groups is 1. The van der Waals surface area contributed by atoms with E-state index in [9.17, 15) is 4.79 Å². The van der Waals surface area contributed by atoms with Gasteiger partial charge in [-0.15, -0.1) is 11.8 Å². The standard InChI is InChI=1S/C14H18BrNOS/c15-13-8-4-5-11(13)9-16-14(17)10-18-12-6-2-1-3-7-12/h1-3,6-7,11,13H,4-5,8-10H2,(H,16,17). The number of alkyl halides is 1. The highest BCUT2D eigenvalue weighted by molar-refractivity contribution is 9.09. The fourth-order valence-electron chi connectivity index (χ4n) is 2.18. The van der Waals surface area contributed by atoms with Crippen LogP contribution in [0.4, 0.5) is 0 Å². The first kappa shape index (κ1) is 13.9. The van der Waals surface area contributed by atoms with Crippen LogP contribution in [0.25, 0.3) is 0 Å². The Hall–Kier alpha value is -0.480. The minimum Gasteiger partial charge on any atom is -0.355 e. The summed E-state index contributed by atoms with van der Waals surface area (Å²) in [5.74, 6) is 1.25. The van der Waals surface area contributed by atoms with Crippen molar-refractivity contribution < 1.29 is 4.79 Å². The predicted molar refractivity (Wildman–Crippen MR) is 80.2 cm³/mol. The molecule has 0 aliphatic heterocycles. The van der Waals surface area contributed by atoms with Gasteiger partial charge in [0.05, 0.1) is 5.75 Å². The van der Waals surface area contributed by atoms with Crippen molar-refractivity contribution in [2.24, 2.45) is 5.92 Å². The number of carbonyl (C=O) groups is 1. The summed E-state index contributed by atoms with van der Waals surface area (Å²) in [5.41, 5.74) is 0. The van der Waals surface area contributed by atoms with Crippen LogP contribution >= 0.6 is 27.7 Å². The molecule has 2 unspecified atom stereocenters. The molecule has 0 spiro atoms. The van der Waals surface area contributed by atoms with Gasteiger partial charge in [0.25, 0.3) is 0 Å². The maximum atomic E-state index is 11.7. The Morgan fingerprint density at radius 3 is 2.78 bits per heavy atom. The number of hydrogen-bond donors (Lipinski definition) is 1. The molecule has 1 aliphatic rings. The van der Waals surface area contributed by atoms with Crippen molar-refractivity contribution in [3.05, 3.63) is 30.3 Å². The first-order chi connectivity index (χ1) is 8.75. The Bertz CT molecular complexity index is 385. The molecule has 2 nitrogen and oxygen atoms in total. The minimum atomic E-state index is 0.135. The van der Waals surface area contributed by atoms with Crippen molar-refractivity contribution >= 4 is 33.6 Å². The number of nitrogens with one attached hydrogen (secondary N) is 1. The van der Waals surface area contributed by atoms with E-state index in [0.29, 0.717) is 16.5 Å². The van der Waals surface area contributed by atoms with Crippen molar-refractivity contribution in [3.63, 3.8) is 0 Å². The number of benzene rings is 1. The number of halogens is 1. The molecule has 0 bridgehead atoms. The van der Waals surface area contributed by atoms with Gasteiger partial charge in [-0.25, -0.2) is 0 Å². The Balaban J connectivity index is 1.66. The summed E-state index contributed by atoms with van der Waals surface area (Å²) >= 11 is 5.26. The van der Waals surface area contributed by atoms with E-state index >= 15 is 0 Å². The topological polar surface area (TPSA) is 29.1 Å². The van der Waals surface area contributed by atoms with Crippen LogP contribution in [0.3, 0.4) is 0 Å². The lowest BCUT2D eigenvalue weighted by Gasteiger charge is -2.14. The lowest BCUT2D eigenvalue weighted by Crippen LogP contribution is -2.32. The van der Waals surface area contributed by atoms with Gasteiger partial charge in [-0.3, -0.25) is 4.79 Å². The normalized spacial score (nSPS) is 22.9. The van der Waals surface area contributed by atoms with Crippen LogP contribution in [0, 0.1) is 5.92 Å². The van der Waals surface area contributed by atoms with Crippen LogP contribution in [0.1, 0.15) is 19.3 Å². The van der Waals surface area contributed by atoms with Gasteiger partial charge in [0.1, 0.15) is 0 Å². The summed E-state index contributed by atoms with van der Waals surface area (Å²) in [6.07, 6.45) is 3.73. The van der Waals surface area contributed by atoms with E-state index in [1.54, 1.807) is 11.8 Å². The molecule has 1 amide bonds. The monoisotopic (exact) mass is 327 g/mol. The van der Waals surface area contributed by atoms with Crippen LogP contribution in [0.15, 0.2) is 35.2 Å². The molecule has 2 rings (SSSR count). The second kappa shape index (κ2) is 7.19. The van der Waals surface area contributed by atoms with E-state index in [1.165, 1.54) is 19.3 Å². The van der Waals surface area contributed by atoms with Crippen LogP contribution in [0.5, 0.6) is 0 Å². The number of amides is 1. The molecule has 0 aromatic heterocycles. The van der Waals surface area contributed by atoms with E-state index in [4.69, 9.17) is 0 Å². The first-order valence-electron chi connectivity index (χ1n) is 6.34. The third kappa shape index (κ3) is 4.32. The highest BCUT2D eigenvalue weighted by atomic mass is 79.9. The van der Waals surface area contributed by atoms with Crippen LogP contribution in [-0.4, -0.2) is 23.0 Å². The van der Waals surface area contributed by atoms with E-state index < -0.39 is 0 Å². The van der Waals surface area contributed by atoms with Gasteiger partial charge >= 0.3 is 0 Å². The summed E-state index contributed by atoms with van der Waals surface area (Å²) in [5, 5.41) is 3.04. The third-order valence-electron chi connectivity index (χ3n) is 3.24. The van der Waals surface area contributed by atoms with Gasteiger partial charge in [-0.2, -0.15) is 0 Å². The van der Waals surface area contributed by atoms with Gasteiger partial charge < -0.3 is 5.32 Å². The molecule has 18 heavy (non-hydrogen) atoms. The summed E-state index contributed by atoms with van der Waals surface area (Å²) in [6.45, 7) is 0.810. The van der Waals surface area contributed by atoms with Crippen LogP contribution in [-0.2, 0) is 4.79 Å². The fourth-order valence-corrected chi connectivity index (χ4v) is 3.71. The van der Waals surface area contributed by atoms with Gasteiger partial charge in [0, 0.05) is 16.3 Å². The fraction of sp³-hybridized carbons (Fsp3) is 0.500. The molecule has 1 saturated carbocycles. The summed E-state index contributed by atoms with van der Waals surface area (Å²) < 4.78 is 0. The molecule has 1 fully saturated rings. The Morgan fingerprint density at radius 1 is 1.33 bits per heavy atom. The number of hydrogen-bond acceptors (Lipinski definition) is 2. The van der Waals surface area contributed by atoms with Crippen LogP contribution < -0.4 is 5.32 Å². The zero-order valence-electron chi connectivity index (χ0n) is 10.3. The van der Waals surface area contributed by atoms with Gasteiger partial charge in [0.15, 0.2) is 0 Å². The number of carbonyl (C=O) groups excluding carboxylic acids is 1. The Kier molecular flexibility index (Phi) is 5.57. The van der Waals surface area contributed by atoms with E-state index in [1.807, 2.05) is 30.3 Å². The van der Waals surface area contributed by atoms with E-state index in [-0.39, 0.29) is 5.91 Å². The Morgan fingerprint density at radius 2 is 2.11 bits per heavy atom. The lowest BCUT2D eigenvalue weighted by molar-refractivity contribution is -0.118. The van der Waals surface area contributed by atoms with Gasteiger partial charge in [0.2, 0.25) is 5.91 Å². The molecule has 0 heterocycles. The molecule has 2 atom stereocenters. The van der Waals surface area contributed by atoms with Crippen molar-refractivity contribution in [1.82, 2.24) is 5.32 Å². The average molecular weight is 328 g/mol. The summed E-state index contributed by atoms with van der Waals surface area (Å²) in [4.78, 5) is 13.5. The SMILES string of the molecule is O=C(CSc1ccccc1)NCC1CCCC1Br. The largest absolute Gasteiger partial charge is 0.355 e. The van der Waals surface area contributed by atoms with E-state index in [2.05, 4.69) is 21.2 Å². The molecular formula is C14H18BrNOS. The maximum Gasteiger partial charge on any atom is 0.230 e. The quantitative estimate of drug-likeness (QED) is 0.662. The van der Waals surface area contributed by atoms with Crippen LogP contribution in [0.2, 0.25) is 0 Å². The Labute approximate surface area is 121 Å². The molecule has 1 aliphatic carbocycles. The first-order valence-corrected chi connectivity index (χ1v) is 8.24. The summed E-state index contributed by atoms with van der Waals surface area (Å²) in [6, 6.07) is 10.0. The molecule has 1 aromatic carbocycles. The predicted octanol–water partition coefficient (Wildman–Crippen LogP) is 3.46. The zero-order chi connectivity index (χ0) is 12.8. The third-order valence-corrected chi connectivity index (χ3v) is 5.46. The molecule has 98 valence electrons. The number of rotatable bonds is 5. The van der Waals surface area contributed by atoms with E-state index in [0.717, 1.165) is 11.4 Å². The van der Waals surface area contributed by atoms with Crippen molar-refractivity contribution in [2.45, 2.75) is 29.0 Å². The molecule has 0 radical (unpaired) electrons. The lowest BCUT2D eigenvalue weighted by atomic mass is 10.1. The highest BCUT2D eigenvalue weighted by Crippen LogP contribution is 2.30. The average Bonchev–Trinajstić information content (AvgIpc) is 2.81.